The van der Waals surface area contributed by atoms with Crippen molar-refractivity contribution in [3.05, 3.63) is 66.1 Å². The Morgan fingerprint density at radius 2 is 1.88 bits per heavy atom. The minimum Gasteiger partial charge on any atom is -0.394 e. The summed E-state index contributed by atoms with van der Waals surface area (Å²) in [5.74, 6) is 1.65. The van der Waals surface area contributed by atoms with Crippen molar-refractivity contribution >= 4 is 17.2 Å². The van der Waals surface area contributed by atoms with Crippen LogP contribution in [0.3, 0.4) is 0 Å². The van der Waals surface area contributed by atoms with Crippen molar-refractivity contribution in [1.82, 2.24) is 24.8 Å². The van der Waals surface area contributed by atoms with Crippen LogP contribution in [0.25, 0.3) is 16.9 Å². The first kappa shape index (κ1) is 21.7. The van der Waals surface area contributed by atoms with E-state index in [1.807, 2.05) is 31.2 Å². The molecule has 0 radical (unpaired) electrons. The van der Waals surface area contributed by atoms with Crippen LogP contribution >= 0.6 is 0 Å². The zero-order valence-electron chi connectivity index (χ0n) is 18.7. The Bertz CT molecular complexity index is 1150. The molecular weight excluding hydrogens is 402 g/mol. The summed E-state index contributed by atoms with van der Waals surface area (Å²) < 4.78 is 1.78. The standard InChI is InChI=1S/C24H29N7O/c1-4-19(15-32)27-22-13-21(24-29-28-23(16(2)3)31(24)30-22)26-14-17-8-10-18(11-9-17)20-7-5-6-12-25-20/h5-13,16,19,26,32H,4,14-15H2,1-3H3,(H,27,30)/t19-/m0/s1. The van der Waals surface area contributed by atoms with E-state index in [0.29, 0.717) is 18.0 Å². The Labute approximate surface area is 187 Å². The molecule has 0 aliphatic carbocycles. The second-order valence-corrected chi connectivity index (χ2v) is 8.09. The van der Waals surface area contributed by atoms with Crippen LogP contribution in [0, 0.1) is 0 Å². The van der Waals surface area contributed by atoms with E-state index in [9.17, 15) is 5.11 Å². The highest BCUT2D eigenvalue weighted by atomic mass is 16.3. The number of hydrogen-bond acceptors (Lipinski definition) is 7. The number of benzene rings is 1. The molecule has 0 spiro atoms. The monoisotopic (exact) mass is 431 g/mol. The average molecular weight is 432 g/mol. The van der Waals surface area contributed by atoms with Crippen LogP contribution < -0.4 is 10.6 Å². The van der Waals surface area contributed by atoms with Gasteiger partial charge in [0.05, 0.1) is 24.0 Å². The van der Waals surface area contributed by atoms with Gasteiger partial charge < -0.3 is 15.7 Å². The second kappa shape index (κ2) is 9.74. The van der Waals surface area contributed by atoms with E-state index in [2.05, 4.69) is 69.0 Å². The molecule has 8 nitrogen and oxygen atoms in total. The van der Waals surface area contributed by atoms with Gasteiger partial charge in [-0.3, -0.25) is 4.98 Å². The number of anilines is 2. The van der Waals surface area contributed by atoms with Gasteiger partial charge in [-0.2, -0.15) is 4.52 Å². The molecule has 0 aliphatic heterocycles. The van der Waals surface area contributed by atoms with E-state index in [-0.39, 0.29) is 18.6 Å². The zero-order chi connectivity index (χ0) is 22.5. The van der Waals surface area contributed by atoms with Gasteiger partial charge in [0.15, 0.2) is 5.82 Å². The third-order valence-corrected chi connectivity index (χ3v) is 5.37. The van der Waals surface area contributed by atoms with Gasteiger partial charge in [0.25, 0.3) is 0 Å². The summed E-state index contributed by atoms with van der Waals surface area (Å²) in [5.41, 5.74) is 4.70. The topological polar surface area (TPSA) is 100 Å². The Balaban J connectivity index is 1.58. The van der Waals surface area contributed by atoms with Crippen molar-refractivity contribution in [3.63, 3.8) is 0 Å². The second-order valence-electron chi connectivity index (χ2n) is 8.09. The molecule has 0 bridgehead atoms. The normalized spacial score (nSPS) is 12.3. The molecule has 1 atom stereocenters. The molecule has 3 N–H and O–H groups in total. The van der Waals surface area contributed by atoms with E-state index in [1.165, 1.54) is 0 Å². The maximum Gasteiger partial charge on any atom is 0.201 e. The highest BCUT2D eigenvalue weighted by Gasteiger charge is 2.16. The Hall–Kier alpha value is -3.52. The maximum absolute atomic E-state index is 9.59. The first-order valence-electron chi connectivity index (χ1n) is 11.0. The number of rotatable bonds is 9. The zero-order valence-corrected chi connectivity index (χ0v) is 18.7. The molecule has 0 saturated carbocycles. The Morgan fingerprint density at radius 1 is 1.06 bits per heavy atom. The lowest BCUT2D eigenvalue weighted by Gasteiger charge is -2.17. The number of nitrogens with zero attached hydrogens (tertiary/aromatic N) is 5. The molecule has 166 valence electrons. The van der Waals surface area contributed by atoms with Gasteiger partial charge in [0, 0.05) is 30.3 Å². The molecule has 32 heavy (non-hydrogen) atoms. The van der Waals surface area contributed by atoms with Gasteiger partial charge in [-0.25, -0.2) is 0 Å². The number of aromatic nitrogens is 5. The van der Waals surface area contributed by atoms with Crippen LogP contribution in [0.2, 0.25) is 0 Å². The number of nitrogens with one attached hydrogen (secondary N) is 2. The Morgan fingerprint density at radius 3 is 2.53 bits per heavy atom. The van der Waals surface area contributed by atoms with E-state index in [1.54, 1.807) is 10.7 Å². The summed E-state index contributed by atoms with van der Waals surface area (Å²) in [4.78, 5) is 4.40. The van der Waals surface area contributed by atoms with Crippen molar-refractivity contribution < 1.29 is 5.11 Å². The van der Waals surface area contributed by atoms with Gasteiger partial charge in [-0.05, 0) is 24.1 Å². The first-order valence-corrected chi connectivity index (χ1v) is 11.0. The van der Waals surface area contributed by atoms with Crippen molar-refractivity contribution in [1.29, 1.82) is 0 Å². The predicted molar refractivity (Wildman–Crippen MR) is 127 cm³/mol. The van der Waals surface area contributed by atoms with Gasteiger partial charge in [-0.1, -0.05) is 51.1 Å². The fourth-order valence-electron chi connectivity index (χ4n) is 3.47. The number of pyridine rings is 1. The van der Waals surface area contributed by atoms with Crippen LogP contribution in [-0.4, -0.2) is 42.6 Å². The molecule has 8 heteroatoms. The lowest BCUT2D eigenvalue weighted by molar-refractivity contribution is 0.271. The summed E-state index contributed by atoms with van der Waals surface area (Å²) >= 11 is 0. The molecule has 4 rings (SSSR count). The summed E-state index contributed by atoms with van der Waals surface area (Å²) in [5, 5.41) is 29.8. The molecule has 4 aromatic rings. The van der Waals surface area contributed by atoms with E-state index < -0.39 is 0 Å². The molecule has 3 aromatic heterocycles. The van der Waals surface area contributed by atoms with Gasteiger partial charge in [-0.15, -0.1) is 15.3 Å². The number of hydrogen-bond donors (Lipinski definition) is 3. The summed E-state index contributed by atoms with van der Waals surface area (Å²) in [6.07, 6.45) is 2.59. The third-order valence-electron chi connectivity index (χ3n) is 5.37. The van der Waals surface area contributed by atoms with Crippen LogP contribution in [0.4, 0.5) is 11.5 Å². The summed E-state index contributed by atoms with van der Waals surface area (Å²) in [6.45, 7) is 6.83. The highest BCUT2D eigenvalue weighted by Crippen LogP contribution is 2.24. The fraction of sp³-hybridized carbons (Fsp3) is 0.333. The van der Waals surface area contributed by atoms with Crippen molar-refractivity contribution in [2.45, 2.75) is 45.7 Å². The summed E-state index contributed by atoms with van der Waals surface area (Å²) in [6, 6.07) is 16.1. The number of aliphatic hydroxyl groups excluding tert-OH is 1. The molecule has 1 aromatic carbocycles. The van der Waals surface area contributed by atoms with Gasteiger partial charge >= 0.3 is 0 Å². The van der Waals surface area contributed by atoms with E-state index >= 15 is 0 Å². The number of fused-ring (bicyclic) bond motifs is 1. The predicted octanol–water partition coefficient (Wildman–Crippen LogP) is 4.10. The molecule has 0 aliphatic rings. The van der Waals surface area contributed by atoms with Crippen molar-refractivity contribution in [2.24, 2.45) is 0 Å². The maximum atomic E-state index is 9.59. The fourth-order valence-corrected chi connectivity index (χ4v) is 3.47. The highest BCUT2D eigenvalue weighted by molar-refractivity contribution is 5.70. The van der Waals surface area contributed by atoms with Crippen LogP contribution in [0.1, 0.15) is 44.5 Å². The van der Waals surface area contributed by atoms with E-state index in [4.69, 9.17) is 0 Å². The smallest absolute Gasteiger partial charge is 0.201 e. The largest absolute Gasteiger partial charge is 0.394 e. The molecule has 0 unspecified atom stereocenters. The minimum absolute atomic E-state index is 0.0425. The van der Waals surface area contributed by atoms with Crippen LogP contribution in [0.15, 0.2) is 54.7 Å². The molecule has 0 saturated heterocycles. The Kier molecular flexibility index (Phi) is 6.61. The molecular formula is C24H29N7O. The van der Waals surface area contributed by atoms with E-state index in [0.717, 1.165) is 34.8 Å². The molecule has 3 heterocycles. The average Bonchev–Trinajstić information content (AvgIpc) is 3.26. The van der Waals surface area contributed by atoms with Crippen LogP contribution in [0.5, 0.6) is 0 Å². The van der Waals surface area contributed by atoms with Crippen molar-refractivity contribution in [3.8, 4) is 11.3 Å². The van der Waals surface area contributed by atoms with Crippen molar-refractivity contribution in [2.75, 3.05) is 17.2 Å². The third kappa shape index (κ3) is 4.70. The van der Waals surface area contributed by atoms with Gasteiger partial charge in [0.1, 0.15) is 5.82 Å². The molecule has 0 amide bonds. The lowest BCUT2D eigenvalue weighted by atomic mass is 10.1. The number of aliphatic hydroxyl groups is 1. The first-order chi connectivity index (χ1) is 15.6. The quantitative estimate of drug-likeness (QED) is 0.367. The molecule has 0 fully saturated rings. The summed E-state index contributed by atoms with van der Waals surface area (Å²) in [7, 11) is 0. The van der Waals surface area contributed by atoms with Crippen LogP contribution in [-0.2, 0) is 6.54 Å². The van der Waals surface area contributed by atoms with Gasteiger partial charge in [0.2, 0.25) is 5.65 Å². The minimum atomic E-state index is -0.0640. The lowest BCUT2D eigenvalue weighted by Crippen LogP contribution is -2.24. The SMILES string of the molecule is CC[C@@H](CO)Nc1cc(NCc2ccc(-c3ccccn3)cc2)c2nnc(C(C)C)n2n1.